The van der Waals surface area contributed by atoms with Crippen molar-refractivity contribution in [1.29, 1.82) is 0 Å². The molecule has 0 aromatic heterocycles. The fraction of sp³-hybridized carbons (Fsp3) is 0.400. The summed E-state index contributed by atoms with van der Waals surface area (Å²) in [6.07, 6.45) is 3.73. The predicted octanol–water partition coefficient (Wildman–Crippen LogP) is 3.60. The van der Waals surface area contributed by atoms with Crippen LogP contribution in [-0.2, 0) is 9.59 Å². The lowest BCUT2D eigenvalue weighted by Gasteiger charge is -2.05. The fourth-order valence-corrected chi connectivity index (χ4v) is 1.76. The zero-order chi connectivity index (χ0) is 14.8. The molecule has 0 aliphatic carbocycles. The number of anilines is 1. The van der Waals surface area contributed by atoms with Crippen LogP contribution in [0.5, 0.6) is 0 Å². The van der Waals surface area contributed by atoms with Crippen molar-refractivity contribution in [3.63, 3.8) is 0 Å². The van der Waals surface area contributed by atoms with E-state index < -0.39 is 5.97 Å². The summed E-state index contributed by atoms with van der Waals surface area (Å²) in [5.74, 6) is -0.829. The highest BCUT2D eigenvalue weighted by molar-refractivity contribution is 5.90. The zero-order valence-electron chi connectivity index (χ0n) is 11.3. The Hall–Kier alpha value is -2.35. The molecular weight excluding hydrogens is 256 g/mol. The first kappa shape index (κ1) is 15.7. The van der Waals surface area contributed by atoms with Crippen molar-refractivity contribution >= 4 is 23.3 Å². The van der Waals surface area contributed by atoms with Crippen LogP contribution in [0.25, 0.3) is 4.85 Å². The molecule has 5 heteroatoms. The highest BCUT2D eigenvalue weighted by Crippen LogP contribution is 2.16. The molecule has 1 rings (SSSR count). The minimum Gasteiger partial charge on any atom is -0.481 e. The van der Waals surface area contributed by atoms with E-state index in [1.54, 1.807) is 24.3 Å². The first-order valence-corrected chi connectivity index (χ1v) is 6.61. The van der Waals surface area contributed by atoms with Crippen LogP contribution < -0.4 is 5.32 Å². The van der Waals surface area contributed by atoms with E-state index in [2.05, 4.69) is 10.2 Å². The van der Waals surface area contributed by atoms with Crippen LogP contribution in [0.4, 0.5) is 11.4 Å². The van der Waals surface area contributed by atoms with Gasteiger partial charge in [-0.3, -0.25) is 9.59 Å². The maximum Gasteiger partial charge on any atom is 0.303 e. The van der Waals surface area contributed by atoms with Crippen LogP contribution in [0.1, 0.15) is 38.5 Å². The summed E-state index contributed by atoms with van der Waals surface area (Å²) in [4.78, 5) is 25.2. The van der Waals surface area contributed by atoms with Crippen molar-refractivity contribution in [1.82, 2.24) is 0 Å². The van der Waals surface area contributed by atoms with E-state index in [0.717, 1.165) is 19.3 Å². The second-order valence-electron chi connectivity index (χ2n) is 4.51. The van der Waals surface area contributed by atoms with Crippen molar-refractivity contribution in [2.45, 2.75) is 38.5 Å². The van der Waals surface area contributed by atoms with E-state index in [1.807, 2.05) is 0 Å². The van der Waals surface area contributed by atoms with E-state index in [4.69, 9.17) is 11.7 Å². The first-order valence-electron chi connectivity index (χ1n) is 6.61. The molecule has 1 amide bonds. The number of carboxylic acid groups (broad SMARTS) is 1. The molecule has 20 heavy (non-hydrogen) atoms. The Morgan fingerprint density at radius 3 is 2.20 bits per heavy atom. The molecule has 0 bridgehead atoms. The van der Waals surface area contributed by atoms with Crippen LogP contribution in [0.2, 0.25) is 0 Å². The van der Waals surface area contributed by atoms with Gasteiger partial charge in [-0.25, -0.2) is 4.85 Å². The van der Waals surface area contributed by atoms with E-state index in [0.29, 0.717) is 24.2 Å². The number of carbonyl (C=O) groups excluding carboxylic acids is 1. The number of carboxylic acids is 1. The minimum absolute atomic E-state index is 0.0567. The van der Waals surface area contributed by atoms with Crippen LogP contribution in [0.15, 0.2) is 24.3 Å². The first-order chi connectivity index (χ1) is 9.61. The topological polar surface area (TPSA) is 70.8 Å². The summed E-state index contributed by atoms with van der Waals surface area (Å²) >= 11 is 0. The molecule has 0 saturated carbocycles. The summed E-state index contributed by atoms with van der Waals surface area (Å²) in [6, 6.07) is 6.74. The Morgan fingerprint density at radius 1 is 1.05 bits per heavy atom. The summed E-state index contributed by atoms with van der Waals surface area (Å²) < 4.78 is 0. The predicted molar refractivity (Wildman–Crippen MR) is 76.7 cm³/mol. The number of hydrogen-bond donors (Lipinski definition) is 2. The maximum absolute atomic E-state index is 11.6. The lowest BCUT2D eigenvalue weighted by molar-refractivity contribution is -0.137. The Morgan fingerprint density at radius 2 is 1.65 bits per heavy atom. The van der Waals surface area contributed by atoms with Crippen molar-refractivity contribution in [3.05, 3.63) is 35.7 Å². The van der Waals surface area contributed by atoms with E-state index >= 15 is 0 Å². The van der Waals surface area contributed by atoms with Gasteiger partial charge in [0, 0.05) is 18.5 Å². The molecule has 0 radical (unpaired) electrons. The minimum atomic E-state index is -0.773. The monoisotopic (exact) mass is 274 g/mol. The number of carbonyl (C=O) groups is 2. The molecule has 0 aliphatic heterocycles. The van der Waals surface area contributed by atoms with Crippen LogP contribution in [-0.4, -0.2) is 17.0 Å². The van der Waals surface area contributed by atoms with Gasteiger partial charge in [0.05, 0.1) is 6.57 Å². The molecule has 0 fully saturated rings. The lowest BCUT2D eigenvalue weighted by Crippen LogP contribution is -2.10. The number of nitrogens with zero attached hydrogens (tertiary/aromatic N) is 1. The summed E-state index contributed by atoms with van der Waals surface area (Å²) in [5.41, 5.74) is 1.23. The third-order valence-electron chi connectivity index (χ3n) is 2.82. The van der Waals surface area contributed by atoms with E-state index in [-0.39, 0.29) is 12.3 Å². The van der Waals surface area contributed by atoms with Gasteiger partial charge in [-0.2, -0.15) is 0 Å². The standard InChI is InChI=1S/C15H18N2O3/c1-16-12-8-10-13(11-9-12)17-14(18)6-4-2-3-5-7-15(19)20/h8-11H,2-7H2,(H,17,18)(H,19,20). The van der Waals surface area contributed by atoms with Crippen LogP contribution in [0, 0.1) is 6.57 Å². The quantitative estimate of drug-likeness (QED) is 0.562. The lowest BCUT2D eigenvalue weighted by atomic mass is 10.1. The summed E-state index contributed by atoms with van der Waals surface area (Å²) in [6.45, 7) is 6.83. The van der Waals surface area contributed by atoms with Gasteiger partial charge in [0.1, 0.15) is 0 Å². The molecular formula is C15H18N2O3. The maximum atomic E-state index is 11.6. The van der Waals surface area contributed by atoms with Crippen LogP contribution in [0.3, 0.4) is 0 Å². The molecule has 1 aromatic carbocycles. The number of aliphatic carboxylic acids is 1. The Kier molecular flexibility index (Phi) is 6.83. The molecule has 0 aliphatic rings. The van der Waals surface area contributed by atoms with E-state index in [1.165, 1.54) is 0 Å². The molecule has 2 N–H and O–H groups in total. The molecule has 0 saturated heterocycles. The summed E-state index contributed by atoms with van der Waals surface area (Å²) in [7, 11) is 0. The molecule has 0 heterocycles. The fourth-order valence-electron chi connectivity index (χ4n) is 1.76. The molecule has 0 atom stereocenters. The van der Waals surface area contributed by atoms with E-state index in [9.17, 15) is 9.59 Å². The average molecular weight is 274 g/mol. The van der Waals surface area contributed by atoms with Gasteiger partial charge in [0.15, 0.2) is 5.69 Å². The number of benzene rings is 1. The van der Waals surface area contributed by atoms with Gasteiger partial charge >= 0.3 is 5.97 Å². The molecule has 106 valence electrons. The number of amides is 1. The molecule has 0 unspecified atom stereocenters. The molecule has 1 aromatic rings. The zero-order valence-corrected chi connectivity index (χ0v) is 11.3. The Bertz CT molecular complexity index is 489. The Labute approximate surface area is 118 Å². The average Bonchev–Trinajstić information content (AvgIpc) is 2.43. The third kappa shape index (κ3) is 6.55. The highest BCUT2D eigenvalue weighted by atomic mass is 16.4. The van der Waals surface area contributed by atoms with Crippen molar-refractivity contribution < 1.29 is 14.7 Å². The molecule has 0 spiro atoms. The number of hydrogen-bond acceptors (Lipinski definition) is 2. The van der Waals surface area contributed by atoms with Gasteiger partial charge in [-0.05, 0) is 25.0 Å². The SMILES string of the molecule is [C-]#[N+]c1ccc(NC(=O)CCCCCCC(=O)O)cc1. The number of unbranched alkanes of at least 4 members (excludes halogenated alkanes) is 3. The normalized spacial score (nSPS) is 9.75. The second kappa shape index (κ2) is 8.70. The van der Waals surface area contributed by atoms with Gasteiger partial charge in [-0.1, -0.05) is 25.0 Å². The largest absolute Gasteiger partial charge is 0.481 e. The van der Waals surface area contributed by atoms with Crippen molar-refractivity contribution in [2.24, 2.45) is 0 Å². The van der Waals surface area contributed by atoms with Crippen LogP contribution >= 0.6 is 0 Å². The highest BCUT2D eigenvalue weighted by Gasteiger charge is 2.03. The van der Waals surface area contributed by atoms with Gasteiger partial charge < -0.3 is 10.4 Å². The smallest absolute Gasteiger partial charge is 0.303 e. The number of nitrogens with one attached hydrogen (secondary N) is 1. The van der Waals surface area contributed by atoms with Gasteiger partial charge in [0.25, 0.3) is 0 Å². The van der Waals surface area contributed by atoms with Crippen molar-refractivity contribution in [3.8, 4) is 0 Å². The molecule has 5 nitrogen and oxygen atoms in total. The Balaban J connectivity index is 2.17. The third-order valence-corrected chi connectivity index (χ3v) is 2.82. The van der Waals surface area contributed by atoms with Gasteiger partial charge in [0.2, 0.25) is 5.91 Å². The number of rotatable bonds is 8. The second-order valence-corrected chi connectivity index (χ2v) is 4.51. The summed E-state index contributed by atoms with van der Waals surface area (Å²) in [5, 5.41) is 11.2. The van der Waals surface area contributed by atoms with Crippen molar-refractivity contribution in [2.75, 3.05) is 5.32 Å². The van der Waals surface area contributed by atoms with Gasteiger partial charge in [-0.15, -0.1) is 0 Å².